The quantitative estimate of drug-likeness (QED) is 0.362. The molecule has 5 nitrogen and oxygen atoms in total. The highest BCUT2D eigenvalue weighted by Gasteiger charge is 1.94. The van der Waals surface area contributed by atoms with Crippen LogP contribution in [-0.4, -0.2) is 9.55 Å². The van der Waals surface area contributed by atoms with Gasteiger partial charge in [0.2, 0.25) is 0 Å². The van der Waals surface area contributed by atoms with Crippen LogP contribution < -0.4 is 5.84 Å². The van der Waals surface area contributed by atoms with E-state index in [0.29, 0.717) is 6.54 Å². The molecule has 1 aromatic heterocycles. The van der Waals surface area contributed by atoms with E-state index in [0.717, 1.165) is 5.82 Å². The molecule has 0 aromatic carbocycles. The van der Waals surface area contributed by atoms with E-state index in [2.05, 4.69) is 15.3 Å². The summed E-state index contributed by atoms with van der Waals surface area (Å²) in [6.45, 7) is 0.444. The maximum atomic E-state index is 4.82. The number of hydrogen-bond acceptors (Lipinski definition) is 3. The van der Waals surface area contributed by atoms with Gasteiger partial charge in [-0.15, -0.1) is 0 Å². The fraction of sp³-hybridized carbons (Fsp3) is 0.400. The first-order valence-corrected chi connectivity index (χ1v) is 2.87. The second-order valence-electron chi connectivity index (χ2n) is 1.87. The molecule has 0 spiro atoms. The maximum absolute atomic E-state index is 4.82. The average molecular weight is 139 g/mol. The molecule has 2 N–H and O–H groups in total. The lowest BCUT2D eigenvalue weighted by atomic mass is 10.6. The molecule has 54 valence electrons. The van der Waals surface area contributed by atoms with Crippen LogP contribution in [-0.2, 0) is 13.6 Å². The van der Waals surface area contributed by atoms with E-state index in [9.17, 15) is 0 Å². The number of imidazole rings is 1. The smallest absolute Gasteiger partial charge is 0.132 e. The van der Waals surface area contributed by atoms with Gasteiger partial charge in [0.25, 0.3) is 0 Å². The van der Waals surface area contributed by atoms with E-state index in [-0.39, 0.29) is 0 Å². The highest BCUT2D eigenvalue weighted by Crippen LogP contribution is 1.95. The van der Waals surface area contributed by atoms with Gasteiger partial charge in [-0.1, -0.05) is 5.22 Å². The number of rotatable bonds is 2. The monoisotopic (exact) mass is 139 g/mol. The van der Waals surface area contributed by atoms with Crippen LogP contribution in [0.3, 0.4) is 0 Å². The van der Waals surface area contributed by atoms with Crippen molar-refractivity contribution in [2.75, 3.05) is 0 Å². The molecule has 0 aliphatic rings. The lowest BCUT2D eigenvalue weighted by Crippen LogP contribution is -1.94. The number of nitrogens with two attached hydrogens (primary N) is 1. The number of aryl methyl sites for hydroxylation is 1. The Morgan fingerprint density at radius 2 is 2.60 bits per heavy atom. The molecule has 0 bridgehead atoms. The van der Waals surface area contributed by atoms with Gasteiger partial charge in [-0.25, -0.2) is 4.98 Å². The second-order valence-corrected chi connectivity index (χ2v) is 1.87. The Hall–Kier alpha value is -1.39. The van der Waals surface area contributed by atoms with E-state index in [1.165, 1.54) is 0 Å². The molecule has 0 atom stereocenters. The molecule has 0 amide bonds. The van der Waals surface area contributed by atoms with Crippen LogP contribution in [0.2, 0.25) is 0 Å². The van der Waals surface area contributed by atoms with Crippen LogP contribution in [0.25, 0.3) is 0 Å². The summed E-state index contributed by atoms with van der Waals surface area (Å²) in [5.41, 5.74) is 0. The van der Waals surface area contributed by atoms with Gasteiger partial charge in [0.05, 0.1) is 0 Å². The van der Waals surface area contributed by atoms with E-state index < -0.39 is 0 Å². The highest BCUT2D eigenvalue weighted by atomic mass is 15.3. The summed E-state index contributed by atoms with van der Waals surface area (Å²) in [6.07, 6.45) is 3.56. The molecule has 1 heterocycles. The first-order chi connectivity index (χ1) is 4.84. The summed E-state index contributed by atoms with van der Waals surface area (Å²) in [4.78, 5) is 4.01. The van der Waals surface area contributed by atoms with E-state index >= 15 is 0 Å². The first kappa shape index (κ1) is 6.73. The zero-order valence-electron chi connectivity index (χ0n) is 5.73. The molecular formula is C5H9N5. The van der Waals surface area contributed by atoms with Crippen molar-refractivity contribution in [2.45, 2.75) is 6.54 Å². The van der Waals surface area contributed by atoms with Crippen molar-refractivity contribution in [1.29, 1.82) is 0 Å². The number of nitrogens with zero attached hydrogens (tertiary/aromatic N) is 4. The van der Waals surface area contributed by atoms with Crippen LogP contribution >= 0.6 is 0 Å². The van der Waals surface area contributed by atoms with Crippen LogP contribution in [0.1, 0.15) is 5.82 Å². The third-order valence-electron chi connectivity index (χ3n) is 1.21. The van der Waals surface area contributed by atoms with Crippen molar-refractivity contribution in [1.82, 2.24) is 9.55 Å². The second kappa shape index (κ2) is 2.95. The number of aromatic nitrogens is 2. The fourth-order valence-corrected chi connectivity index (χ4v) is 0.653. The third kappa shape index (κ3) is 1.31. The summed E-state index contributed by atoms with van der Waals surface area (Å²) in [6, 6.07) is 0. The predicted octanol–water partition coefficient (Wildman–Crippen LogP) is 0.246. The van der Waals surface area contributed by atoms with Crippen LogP contribution in [0.15, 0.2) is 22.7 Å². The molecule has 10 heavy (non-hydrogen) atoms. The maximum Gasteiger partial charge on any atom is 0.132 e. The molecule has 1 aromatic rings. The van der Waals surface area contributed by atoms with Crippen molar-refractivity contribution in [3.05, 3.63) is 18.2 Å². The van der Waals surface area contributed by atoms with Gasteiger partial charge in [0, 0.05) is 19.4 Å². The van der Waals surface area contributed by atoms with Gasteiger partial charge in [0.15, 0.2) is 0 Å². The standard InChI is InChI=1S/C5H9N5/c1-10-3-2-7-5(10)4-8-9-6/h2-3H,4H2,1H3,(H2,6,8). The predicted molar refractivity (Wildman–Crippen MR) is 36.0 cm³/mol. The topological polar surface area (TPSA) is 68.6 Å². The summed E-state index contributed by atoms with van der Waals surface area (Å²) < 4.78 is 1.87. The van der Waals surface area contributed by atoms with E-state index in [1.807, 2.05) is 17.8 Å². The summed E-state index contributed by atoms with van der Waals surface area (Å²) in [5.74, 6) is 5.67. The molecule has 0 aliphatic heterocycles. The van der Waals surface area contributed by atoms with Crippen molar-refractivity contribution in [2.24, 2.45) is 23.2 Å². The molecule has 0 radical (unpaired) electrons. The van der Waals surface area contributed by atoms with Crippen LogP contribution in [0.5, 0.6) is 0 Å². The summed E-state index contributed by atoms with van der Waals surface area (Å²) in [7, 11) is 1.90. The van der Waals surface area contributed by atoms with Gasteiger partial charge in [-0.3, -0.25) is 0 Å². The first-order valence-electron chi connectivity index (χ1n) is 2.87. The molecule has 0 saturated heterocycles. The van der Waals surface area contributed by atoms with Crippen LogP contribution in [0, 0.1) is 0 Å². The minimum atomic E-state index is 0.444. The largest absolute Gasteiger partial charge is 0.336 e. The van der Waals surface area contributed by atoms with Gasteiger partial charge >= 0.3 is 0 Å². The van der Waals surface area contributed by atoms with Crippen molar-refractivity contribution in [3.63, 3.8) is 0 Å². The third-order valence-corrected chi connectivity index (χ3v) is 1.21. The lowest BCUT2D eigenvalue weighted by molar-refractivity contribution is 0.759. The van der Waals surface area contributed by atoms with Crippen molar-refractivity contribution >= 4 is 0 Å². The molecule has 0 fully saturated rings. The summed E-state index contributed by atoms with van der Waals surface area (Å²) >= 11 is 0. The fourth-order valence-electron chi connectivity index (χ4n) is 0.653. The lowest BCUT2D eigenvalue weighted by Gasteiger charge is -1.93. The highest BCUT2D eigenvalue weighted by molar-refractivity contribution is 4.89. The van der Waals surface area contributed by atoms with Crippen LogP contribution in [0.4, 0.5) is 0 Å². The van der Waals surface area contributed by atoms with Gasteiger partial charge < -0.3 is 10.4 Å². The Morgan fingerprint density at radius 3 is 3.10 bits per heavy atom. The summed E-state index contributed by atoms with van der Waals surface area (Å²) in [5, 5.41) is 6.72. The molecule has 0 unspecified atom stereocenters. The van der Waals surface area contributed by atoms with E-state index in [1.54, 1.807) is 6.20 Å². The van der Waals surface area contributed by atoms with Crippen molar-refractivity contribution in [3.8, 4) is 0 Å². The Bertz CT molecular complexity index is 226. The number of hydrogen-bond donors (Lipinski definition) is 1. The zero-order valence-corrected chi connectivity index (χ0v) is 5.73. The average Bonchev–Trinajstić information content (AvgIpc) is 2.31. The molecule has 0 saturated carbocycles. The van der Waals surface area contributed by atoms with E-state index in [4.69, 9.17) is 5.84 Å². The minimum Gasteiger partial charge on any atom is -0.336 e. The minimum absolute atomic E-state index is 0.444. The Kier molecular flexibility index (Phi) is 1.99. The normalized spacial score (nSPS) is 10.9. The van der Waals surface area contributed by atoms with Gasteiger partial charge in [0.1, 0.15) is 12.4 Å². The van der Waals surface area contributed by atoms with Gasteiger partial charge in [-0.2, -0.15) is 5.11 Å². The SMILES string of the molecule is Cn1ccnc1CN=NN. The molecular weight excluding hydrogens is 130 g/mol. The molecule has 1 rings (SSSR count). The molecule has 5 heteroatoms. The zero-order chi connectivity index (χ0) is 7.40. The van der Waals surface area contributed by atoms with Crippen molar-refractivity contribution < 1.29 is 0 Å². The Labute approximate surface area is 58.6 Å². The Balaban J connectivity index is 2.65. The van der Waals surface area contributed by atoms with Gasteiger partial charge in [-0.05, 0) is 0 Å². The Morgan fingerprint density at radius 1 is 1.80 bits per heavy atom. The molecule has 0 aliphatic carbocycles.